The first-order chi connectivity index (χ1) is 12.6. The largest absolute Gasteiger partial charge is 0.496 e. The van der Waals surface area contributed by atoms with Crippen molar-refractivity contribution < 1.29 is 14.6 Å². The van der Waals surface area contributed by atoms with Crippen LogP contribution in [0.3, 0.4) is 0 Å². The lowest BCUT2D eigenvalue weighted by Crippen LogP contribution is -1.97. The van der Waals surface area contributed by atoms with Gasteiger partial charge in [-0.15, -0.1) is 5.10 Å². The number of hydrogen-bond acceptors (Lipinski definition) is 5. The monoisotopic (exact) mass is 387 g/mol. The topological polar surface area (TPSA) is 88.1 Å². The molecule has 1 heterocycles. The number of rotatable bonds is 6. The van der Waals surface area contributed by atoms with Crippen LogP contribution in [0.5, 0.6) is 5.75 Å². The summed E-state index contributed by atoms with van der Waals surface area (Å²) in [6.07, 6.45) is 1.57. The van der Waals surface area contributed by atoms with Crippen molar-refractivity contribution in [3.05, 3.63) is 64.0 Å². The predicted molar refractivity (Wildman–Crippen MR) is 101 cm³/mol. The second-order valence-electron chi connectivity index (χ2n) is 5.14. The van der Waals surface area contributed by atoms with E-state index in [1.165, 1.54) is 0 Å². The van der Waals surface area contributed by atoms with Gasteiger partial charge < -0.3 is 9.84 Å². The lowest BCUT2D eigenvalue weighted by atomic mass is 10.2. The second kappa shape index (κ2) is 8.07. The number of halogens is 1. The Morgan fingerprint density at radius 2 is 2.04 bits per heavy atom. The molecule has 0 amide bonds. The van der Waals surface area contributed by atoms with Crippen molar-refractivity contribution in [3.63, 3.8) is 0 Å². The van der Waals surface area contributed by atoms with Crippen LogP contribution in [0.25, 0.3) is 17.5 Å². The minimum atomic E-state index is -1.05. The third kappa shape index (κ3) is 4.25. The number of benzene rings is 2. The van der Waals surface area contributed by atoms with Crippen LogP contribution in [0.15, 0.2) is 58.6 Å². The molecule has 0 aliphatic heterocycles. The Bertz CT molecular complexity index is 957. The molecule has 0 radical (unpaired) electrons. The zero-order chi connectivity index (χ0) is 18.5. The lowest BCUT2D eigenvalue weighted by Gasteiger charge is -2.05. The number of nitrogens with zero attached hydrogens (tertiary/aromatic N) is 2. The Hall–Kier alpha value is -2.77. The maximum atomic E-state index is 11.5. The van der Waals surface area contributed by atoms with Crippen LogP contribution in [0, 0.1) is 0 Å². The fourth-order valence-corrected chi connectivity index (χ4v) is 3.09. The maximum Gasteiger partial charge on any atom is 0.342 e. The van der Waals surface area contributed by atoms with Crippen LogP contribution in [-0.2, 0) is 4.79 Å². The fourth-order valence-electron chi connectivity index (χ4n) is 2.21. The summed E-state index contributed by atoms with van der Waals surface area (Å²) in [5.41, 5.74) is 1.42. The summed E-state index contributed by atoms with van der Waals surface area (Å²) in [6.45, 7) is 0. The van der Waals surface area contributed by atoms with Crippen molar-refractivity contribution >= 4 is 35.4 Å². The smallest absolute Gasteiger partial charge is 0.342 e. The van der Waals surface area contributed by atoms with Gasteiger partial charge in [0.05, 0.1) is 12.7 Å². The number of nitrogens with one attached hydrogen (secondary N) is 1. The number of aromatic nitrogens is 3. The van der Waals surface area contributed by atoms with Crippen LogP contribution in [0.4, 0.5) is 0 Å². The molecule has 0 saturated heterocycles. The number of hydrogen-bond donors (Lipinski definition) is 2. The van der Waals surface area contributed by atoms with Gasteiger partial charge in [0, 0.05) is 5.02 Å². The molecule has 0 aliphatic rings. The minimum Gasteiger partial charge on any atom is -0.496 e. The van der Waals surface area contributed by atoms with E-state index in [0.29, 0.717) is 22.2 Å². The number of aromatic amines is 1. The second-order valence-corrected chi connectivity index (χ2v) is 6.58. The quantitative estimate of drug-likeness (QED) is 0.483. The molecule has 1 aromatic heterocycles. The molecule has 26 heavy (non-hydrogen) atoms. The van der Waals surface area contributed by atoms with E-state index in [1.807, 2.05) is 30.3 Å². The molecule has 2 aromatic carbocycles. The molecule has 0 unspecified atom stereocenters. The average Bonchev–Trinajstić information content (AvgIpc) is 3.10. The minimum absolute atomic E-state index is 0.111. The van der Waals surface area contributed by atoms with Crippen LogP contribution < -0.4 is 4.74 Å². The van der Waals surface area contributed by atoms with Crippen LogP contribution in [0.2, 0.25) is 5.02 Å². The summed E-state index contributed by atoms with van der Waals surface area (Å²) in [4.78, 5) is 16.0. The predicted octanol–water partition coefficient (Wildman–Crippen LogP) is 4.35. The molecule has 3 rings (SSSR count). The SMILES string of the molecule is COc1ccc(Cl)cc1-c1nc(S/C(=C\c2ccccc2)C(=O)O)n[nH]1. The van der Waals surface area contributed by atoms with E-state index >= 15 is 0 Å². The number of methoxy groups -OCH3 is 1. The first-order valence-corrected chi connectivity index (χ1v) is 8.70. The highest BCUT2D eigenvalue weighted by Crippen LogP contribution is 2.32. The van der Waals surface area contributed by atoms with Crippen molar-refractivity contribution in [1.29, 1.82) is 0 Å². The zero-order valence-corrected chi connectivity index (χ0v) is 15.2. The van der Waals surface area contributed by atoms with E-state index in [-0.39, 0.29) is 10.1 Å². The first-order valence-electron chi connectivity index (χ1n) is 7.51. The van der Waals surface area contributed by atoms with Gasteiger partial charge in [-0.1, -0.05) is 41.9 Å². The van der Waals surface area contributed by atoms with E-state index in [1.54, 1.807) is 31.4 Å². The van der Waals surface area contributed by atoms with Gasteiger partial charge in [0.1, 0.15) is 10.7 Å². The number of ether oxygens (including phenoxy) is 1. The van der Waals surface area contributed by atoms with Gasteiger partial charge in [0.25, 0.3) is 0 Å². The fraction of sp³-hybridized carbons (Fsp3) is 0.0556. The molecule has 0 aliphatic carbocycles. The van der Waals surface area contributed by atoms with Gasteiger partial charge in [-0.2, -0.15) is 0 Å². The average molecular weight is 388 g/mol. The lowest BCUT2D eigenvalue weighted by molar-refractivity contribution is -0.131. The number of H-pyrrole nitrogens is 1. The Morgan fingerprint density at radius 1 is 1.27 bits per heavy atom. The molecule has 0 saturated carbocycles. The Morgan fingerprint density at radius 3 is 2.73 bits per heavy atom. The summed E-state index contributed by atoms with van der Waals surface area (Å²) >= 11 is 7.00. The third-order valence-corrected chi connectivity index (χ3v) is 4.50. The molecule has 0 bridgehead atoms. The van der Waals surface area contributed by atoms with Crippen LogP contribution in [0.1, 0.15) is 5.56 Å². The van der Waals surface area contributed by atoms with Crippen LogP contribution in [-0.4, -0.2) is 33.4 Å². The zero-order valence-electron chi connectivity index (χ0n) is 13.6. The maximum absolute atomic E-state index is 11.5. The summed E-state index contributed by atoms with van der Waals surface area (Å²) in [7, 11) is 1.55. The highest BCUT2D eigenvalue weighted by molar-refractivity contribution is 8.04. The molecular formula is C18H14ClN3O3S. The highest BCUT2D eigenvalue weighted by atomic mass is 35.5. The Balaban J connectivity index is 1.89. The highest BCUT2D eigenvalue weighted by Gasteiger charge is 2.16. The first kappa shape index (κ1) is 18.0. The number of thioether (sulfide) groups is 1. The molecule has 132 valence electrons. The van der Waals surface area contributed by atoms with Crippen molar-refractivity contribution in [2.75, 3.05) is 7.11 Å². The van der Waals surface area contributed by atoms with Gasteiger partial charge >= 0.3 is 5.97 Å². The summed E-state index contributed by atoms with van der Waals surface area (Å²) in [6, 6.07) is 14.3. The summed E-state index contributed by atoms with van der Waals surface area (Å²) < 4.78 is 5.30. The van der Waals surface area contributed by atoms with E-state index in [9.17, 15) is 9.90 Å². The molecule has 0 atom stereocenters. The summed E-state index contributed by atoms with van der Waals surface area (Å²) in [5.74, 6) is -0.0257. The van der Waals surface area contributed by atoms with E-state index in [2.05, 4.69) is 15.2 Å². The Labute approximate surface area is 158 Å². The molecule has 3 aromatic rings. The van der Waals surface area contributed by atoms with Crippen molar-refractivity contribution in [1.82, 2.24) is 15.2 Å². The van der Waals surface area contributed by atoms with Gasteiger partial charge in [0.2, 0.25) is 5.16 Å². The van der Waals surface area contributed by atoms with E-state index in [4.69, 9.17) is 16.3 Å². The van der Waals surface area contributed by atoms with Crippen LogP contribution >= 0.6 is 23.4 Å². The molecule has 8 heteroatoms. The van der Waals surface area contributed by atoms with Gasteiger partial charge in [-0.3, -0.25) is 5.10 Å². The normalized spacial score (nSPS) is 11.4. The van der Waals surface area contributed by atoms with Crippen molar-refractivity contribution in [2.45, 2.75) is 5.16 Å². The van der Waals surface area contributed by atoms with Crippen molar-refractivity contribution in [2.24, 2.45) is 0 Å². The Kier molecular flexibility index (Phi) is 5.60. The third-order valence-electron chi connectivity index (χ3n) is 3.39. The molecule has 0 spiro atoms. The van der Waals surface area contributed by atoms with E-state index < -0.39 is 5.97 Å². The van der Waals surface area contributed by atoms with E-state index in [0.717, 1.165) is 17.3 Å². The number of aliphatic carboxylic acids is 1. The molecule has 0 fully saturated rings. The summed E-state index contributed by atoms with van der Waals surface area (Å²) in [5, 5.41) is 17.1. The van der Waals surface area contributed by atoms with Gasteiger partial charge in [0.15, 0.2) is 5.82 Å². The molecular weight excluding hydrogens is 374 g/mol. The molecule has 2 N–H and O–H groups in total. The van der Waals surface area contributed by atoms with Gasteiger partial charge in [-0.05, 0) is 41.6 Å². The standard InChI is InChI=1S/C18H14ClN3O3S/c1-25-14-8-7-12(19)10-13(14)16-20-18(22-21-16)26-15(17(23)24)9-11-5-3-2-4-6-11/h2-10H,1H3,(H,23,24)(H,20,21,22)/b15-9-. The number of carboxylic acid groups (broad SMARTS) is 1. The number of carboxylic acids is 1. The molecule has 6 nitrogen and oxygen atoms in total. The number of carbonyl (C=O) groups is 1. The van der Waals surface area contributed by atoms with Gasteiger partial charge in [-0.25, -0.2) is 9.78 Å². The van der Waals surface area contributed by atoms with Crippen molar-refractivity contribution in [3.8, 4) is 17.1 Å².